The third-order valence-electron chi connectivity index (χ3n) is 4.70. The zero-order chi connectivity index (χ0) is 20.7. The Morgan fingerprint density at radius 1 is 1.43 bits per heavy atom. The van der Waals surface area contributed by atoms with E-state index in [0.29, 0.717) is 16.0 Å². The van der Waals surface area contributed by atoms with Gasteiger partial charge in [-0.2, -0.15) is 0 Å². The zero-order valence-electron chi connectivity index (χ0n) is 16.4. The van der Waals surface area contributed by atoms with Gasteiger partial charge in [-0.3, -0.25) is 30.4 Å². The number of amidine groups is 2. The molecular weight excluding hydrogens is 374 g/mol. The molecule has 2 aliphatic rings. The van der Waals surface area contributed by atoms with Crippen LogP contribution in [-0.2, 0) is 4.79 Å². The number of carbonyl (C=O) groups is 1. The highest BCUT2D eigenvalue weighted by Crippen LogP contribution is 2.19. The minimum Gasteiger partial charge on any atom is -0.378 e. The van der Waals surface area contributed by atoms with Gasteiger partial charge in [0.25, 0.3) is 0 Å². The van der Waals surface area contributed by atoms with Gasteiger partial charge in [-0.15, -0.1) is 0 Å². The van der Waals surface area contributed by atoms with Crippen LogP contribution in [0.5, 0.6) is 0 Å². The van der Waals surface area contributed by atoms with Crippen molar-refractivity contribution in [2.24, 2.45) is 16.5 Å². The lowest BCUT2D eigenvalue weighted by Gasteiger charge is -2.33. The second-order valence-electron chi connectivity index (χ2n) is 6.72. The average molecular weight is 404 g/mol. The first-order valence-electron chi connectivity index (χ1n) is 9.13. The summed E-state index contributed by atoms with van der Waals surface area (Å²) in [6.07, 6.45) is 8.92. The molecule has 0 spiro atoms. The number of ketones is 1. The van der Waals surface area contributed by atoms with Crippen molar-refractivity contribution in [3.63, 3.8) is 0 Å². The van der Waals surface area contributed by atoms with Crippen molar-refractivity contribution in [1.82, 2.24) is 4.90 Å². The minimum atomic E-state index is -0.0332. The third-order valence-corrected chi connectivity index (χ3v) is 5.50. The van der Waals surface area contributed by atoms with Gasteiger partial charge in [0.15, 0.2) is 11.0 Å². The van der Waals surface area contributed by atoms with Crippen molar-refractivity contribution in [2.75, 3.05) is 32.7 Å². The van der Waals surface area contributed by atoms with Gasteiger partial charge in [0.2, 0.25) is 5.71 Å². The van der Waals surface area contributed by atoms with E-state index >= 15 is 0 Å². The first kappa shape index (κ1) is 21.8. The van der Waals surface area contributed by atoms with Crippen molar-refractivity contribution in [3.8, 4) is 0 Å². The Kier molecular flexibility index (Phi) is 7.89. The maximum atomic E-state index is 11.0. The molecular formula is C19H29N7OS+2. The van der Waals surface area contributed by atoms with E-state index in [9.17, 15) is 4.79 Å². The summed E-state index contributed by atoms with van der Waals surface area (Å²) in [5.41, 5.74) is 14.7. The lowest BCUT2D eigenvalue weighted by molar-refractivity contribution is -0.538. The van der Waals surface area contributed by atoms with E-state index in [1.54, 1.807) is 6.08 Å². The molecule has 1 unspecified atom stereocenters. The van der Waals surface area contributed by atoms with Crippen LogP contribution in [0.4, 0.5) is 0 Å². The number of nitrogens with two attached hydrogens (primary N) is 3. The molecule has 9 heteroatoms. The lowest BCUT2D eigenvalue weighted by Crippen LogP contribution is -2.49. The summed E-state index contributed by atoms with van der Waals surface area (Å²) in [6, 6.07) is 0.231. The van der Waals surface area contributed by atoms with Crippen molar-refractivity contribution < 1.29 is 14.8 Å². The number of thioether (sulfide) groups is 1. The van der Waals surface area contributed by atoms with Crippen LogP contribution in [0.1, 0.15) is 13.8 Å². The summed E-state index contributed by atoms with van der Waals surface area (Å²) >= 11 is 1.20. The quantitative estimate of drug-likeness (QED) is 0.263. The first-order chi connectivity index (χ1) is 13.3. The number of allylic oxidation sites excluding steroid dienone is 4. The van der Waals surface area contributed by atoms with Gasteiger partial charge >= 0.3 is 5.17 Å². The van der Waals surface area contributed by atoms with Crippen LogP contribution in [-0.4, -0.2) is 76.3 Å². The Bertz CT molecular complexity index is 797. The summed E-state index contributed by atoms with van der Waals surface area (Å²) in [4.78, 5) is 17.4. The van der Waals surface area contributed by atoms with Crippen molar-refractivity contribution in [3.05, 3.63) is 35.5 Å². The average Bonchev–Trinajstić information content (AvgIpc) is 2.67. The van der Waals surface area contributed by atoms with Crippen LogP contribution in [0.3, 0.4) is 0 Å². The van der Waals surface area contributed by atoms with E-state index in [-0.39, 0.29) is 18.4 Å². The summed E-state index contributed by atoms with van der Waals surface area (Å²) < 4.78 is 2.08. The lowest BCUT2D eigenvalue weighted by atomic mass is 9.95. The van der Waals surface area contributed by atoms with Crippen molar-refractivity contribution >= 4 is 39.8 Å². The van der Waals surface area contributed by atoms with Crippen LogP contribution < -0.4 is 16.9 Å². The van der Waals surface area contributed by atoms with Gasteiger partial charge in [0.1, 0.15) is 6.54 Å². The van der Waals surface area contributed by atoms with Crippen LogP contribution in [0.2, 0.25) is 0 Å². The fourth-order valence-electron chi connectivity index (χ4n) is 3.03. The molecule has 1 atom stereocenters. The summed E-state index contributed by atoms with van der Waals surface area (Å²) in [5, 5.41) is 14.2. The molecule has 2 rings (SSSR count). The fraction of sp³-hybridized carbons (Fsp3) is 0.421. The van der Waals surface area contributed by atoms with Crippen molar-refractivity contribution in [2.45, 2.75) is 19.9 Å². The maximum absolute atomic E-state index is 11.0. The molecule has 8 nitrogen and oxygen atoms in total. The molecule has 0 saturated carbocycles. The molecule has 0 aromatic carbocycles. The number of piperazine rings is 1. The normalized spacial score (nSPS) is 20.9. The number of Topliss-reactive ketones (excluding diaryl/α,β-unsaturated/α-hetero) is 1. The number of rotatable bonds is 5. The molecule has 1 heterocycles. The first-order valence-corrected chi connectivity index (χ1v) is 9.95. The molecule has 0 bridgehead atoms. The number of nitrogens with zero attached hydrogens (tertiary/aromatic N) is 3. The van der Waals surface area contributed by atoms with Crippen molar-refractivity contribution in [1.29, 1.82) is 5.41 Å². The molecule has 7 N–H and O–H groups in total. The van der Waals surface area contributed by atoms with E-state index < -0.39 is 0 Å². The third kappa shape index (κ3) is 6.00. The Morgan fingerprint density at radius 3 is 2.68 bits per heavy atom. The Morgan fingerprint density at radius 2 is 2.11 bits per heavy atom. The molecule has 1 fully saturated rings. The van der Waals surface area contributed by atoms with Gasteiger partial charge < -0.3 is 11.1 Å². The monoisotopic (exact) mass is 403 g/mol. The molecule has 0 amide bonds. The molecule has 0 aromatic heterocycles. The molecule has 150 valence electrons. The summed E-state index contributed by atoms with van der Waals surface area (Å²) in [6.45, 7) is 7.02. The summed E-state index contributed by atoms with van der Waals surface area (Å²) in [5.74, 6) is -0.0332. The maximum Gasteiger partial charge on any atom is 0.311 e. The standard InChI is InChI=1S/C19H27N7OS/c1-13(27)12-24-18(22)28-19(23)26-9-7-25(8-10-26)14(2)16-4-3-15(5-6-20)17(21)11-16/h3-6,11,14,20-21,23H,7-10,12H2,1-2H3,(H2,22,24)/p+2/b15-5-,20-6?,21-17?. The van der Waals surface area contributed by atoms with Crippen LogP contribution in [0.15, 0.2) is 40.4 Å². The predicted octanol–water partition coefficient (Wildman–Crippen LogP) is -1.07. The number of hydrogen-bond donors (Lipinski definition) is 4. The van der Waals surface area contributed by atoms with E-state index in [1.165, 1.54) is 24.9 Å². The number of nitrogens with one attached hydrogen (secondary N) is 1. The zero-order valence-corrected chi connectivity index (χ0v) is 17.2. The highest BCUT2D eigenvalue weighted by molar-refractivity contribution is 8.26. The topological polar surface area (TPSA) is 137 Å². The smallest absolute Gasteiger partial charge is 0.311 e. The van der Waals surface area contributed by atoms with Gasteiger partial charge in [0.05, 0.1) is 13.1 Å². The second kappa shape index (κ2) is 10.1. The number of carbonyl (C=O) groups excluding carboxylic acids is 1. The number of aliphatic imine (C=N–C) groups is 1. The van der Waals surface area contributed by atoms with E-state index in [1.807, 2.05) is 12.2 Å². The predicted molar refractivity (Wildman–Crippen MR) is 116 cm³/mol. The fourth-order valence-corrected chi connectivity index (χ4v) is 3.68. The Hall–Kier alpha value is -2.52. The summed E-state index contributed by atoms with van der Waals surface area (Å²) in [7, 11) is 0. The Labute approximate surface area is 169 Å². The molecule has 1 saturated heterocycles. The molecule has 28 heavy (non-hydrogen) atoms. The molecule has 1 aliphatic heterocycles. The largest absolute Gasteiger partial charge is 0.378 e. The number of hydrogen-bond acceptors (Lipinski definition) is 5. The SMILES string of the molecule is CC(=O)CN=C(N)SC(N)=[N+]1CCN(C(C)C2=CC(=[NH2+])/C(=C\C=N)C=C2)CC1. The van der Waals surface area contributed by atoms with Gasteiger partial charge in [-0.1, -0.05) is 6.08 Å². The highest BCUT2D eigenvalue weighted by atomic mass is 32.2. The molecule has 0 aromatic rings. The van der Waals surface area contributed by atoms with Gasteiger partial charge in [-0.05, 0) is 31.6 Å². The molecule has 0 radical (unpaired) electrons. The second-order valence-corrected chi connectivity index (χ2v) is 7.76. The Balaban J connectivity index is 1.95. The van der Waals surface area contributed by atoms with Gasteiger partial charge in [-0.25, -0.2) is 0 Å². The van der Waals surface area contributed by atoms with Gasteiger partial charge in [0, 0.05) is 48.8 Å². The van der Waals surface area contributed by atoms with E-state index in [0.717, 1.165) is 37.3 Å². The van der Waals surface area contributed by atoms with Crippen LogP contribution in [0.25, 0.3) is 0 Å². The van der Waals surface area contributed by atoms with E-state index in [2.05, 4.69) is 27.5 Å². The van der Waals surface area contributed by atoms with Crippen LogP contribution in [0, 0.1) is 5.41 Å². The van der Waals surface area contributed by atoms with Crippen LogP contribution >= 0.6 is 11.8 Å². The minimum absolute atomic E-state index is 0.0332. The highest BCUT2D eigenvalue weighted by Gasteiger charge is 2.26. The van der Waals surface area contributed by atoms with E-state index in [4.69, 9.17) is 22.3 Å². The molecule has 1 aliphatic carbocycles.